The van der Waals surface area contributed by atoms with Gasteiger partial charge >= 0.3 is 0 Å². The molecular formula is C25H31Cl2NO5S. The van der Waals surface area contributed by atoms with Crippen molar-refractivity contribution < 1.29 is 22.7 Å². The van der Waals surface area contributed by atoms with Crippen LogP contribution in [0.15, 0.2) is 47.4 Å². The Hall–Kier alpha value is -1.64. The summed E-state index contributed by atoms with van der Waals surface area (Å²) >= 11 is 12.7. The molecule has 0 radical (unpaired) electrons. The zero-order valence-electron chi connectivity index (χ0n) is 19.9. The van der Waals surface area contributed by atoms with Gasteiger partial charge in [0.1, 0.15) is 4.75 Å². The Balaban J connectivity index is 2.10. The van der Waals surface area contributed by atoms with Crippen LogP contribution in [-0.4, -0.2) is 47.8 Å². The van der Waals surface area contributed by atoms with E-state index in [0.29, 0.717) is 60.5 Å². The fourth-order valence-corrected chi connectivity index (χ4v) is 6.68. The summed E-state index contributed by atoms with van der Waals surface area (Å²) in [5.74, 6) is -0.103. The summed E-state index contributed by atoms with van der Waals surface area (Å²) in [7, 11) is -2.22. The first-order valence-corrected chi connectivity index (χ1v) is 13.4. The summed E-state index contributed by atoms with van der Waals surface area (Å²) in [6, 6.07) is 11.4. The average Bonchev–Trinajstić information content (AvgIpc) is 2.80. The molecule has 0 unspecified atom stereocenters. The van der Waals surface area contributed by atoms with Gasteiger partial charge in [0.2, 0.25) is 5.91 Å². The van der Waals surface area contributed by atoms with Gasteiger partial charge in [-0.15, -0.1) is 0 Å². The van der Waals surface area contributed by atoms with Crippen LogP contribution in [0.1, 0.15) is 39.2 Å². The van der Waals surface area contributed by atoms with E-state index in [-0.39, 0.29) is 10.8 Å². The molecule has 6 nitrogen and oxygen atoms in total. The minimum Gasteiger partial charge on any atom is -0.383 e. The second kappa shape index (κ2) is 10.5. The molecular weight excluding hydrogens is 497 g/mol. The van der Waals surface area contributed by atoms with Crippen LogP contribution in [0.4, 0.5) is 5.69 Å². The summed E-state index contributed by atoms with van der Waals surface area (Å²) < 4.78 is 37.3. The van der Waals surface area contributed by atoms with Crippen molar-refractivity contribution in [3.8, 4) is 0 Å². The molecule has 0 atom stereocenters. The number of ether oxygens (including phenoxy) is 2. The van der Waals surface area contributed by atoms with Crippen molar-refractivity contribution in [1.29, 1.82) is 0 Å². The lowest BCUT2D eigenvalue weighted by Gasteiger charge is -2.38. The highest BCUT2D eigenvalue weighted by atomic mass is 35.5. The van der Waals surface area contributed by atoms with E-state index in [1.807, 2.05) is 20.8 Å². The molecule has 0 aliphatic carbocycles. The molecule has 0 spiro atoms. The third kappa shape index (κ3) is 5.29. The third-order valence-corrected chi connectivity index (χ3v) is 9.23. The molecule has 0 N–H and O–H groups in total. The fourth-order valence-electron chi connectivity index (χ4n) is 4.18. The first-order chi connectivity index (χ1) is 15.9. The molecule has 1 amide bonds. The smallest absolute Gasteiger partial charge is 0.232 e. The number of rotatable bonds is 7. The van der Waals surface area contributed by atoms with Crippen molar-refractivity contribution in [2.75, 3.05) is 38.4 Å². The molecule has 2 aromatic carbocycles. The standard InChI is InChI=1S/C25H31Cl2NO5S/c1-24(2,3)23(29)28(13-16-32-4)22-10-5-18(17-21(22)27)25(11-14-33-15-12-25)34(30,31)20-8-6-19(26)7-9-20/h5-10,17H,11-16H2,1-4H3. The van der Waals surface area contributed by atoms with Gasteiger partial charge < -0.3 is 14.4 Å². The van der Waals surface area contributed by atoms with E-state index in [4.69, 9.17) is 32.7 Å². The average molecular weight is 528 g/mol. The first-order valence-electron chi connectivity index (χ1n) is 11.1. The van der Waals surface area contributed by atoms with Crippen molar-refractivity contribution in [2.45, 2.75) is 43.3 Å². The van der Waals surface area contributed by atoms with E-state index < -0.39 is 20.0 Å². The molecule has 1 aliphatic heterocycles. The predicted molar refractivity (Wildman–Crippen MR) is 136 cm³/mol. The van der Waals surface area contributed by atoms with Crippen molar-refractivity contribution in [2.24, 2.45) is 5.41 Å². The number of benzene rings is 2. The van der Waals surface area contributed by atoms with Gasteiger partial charge in [0, 0.05) is 37.3 Å². The summed E-state index contributed by atoms with van der Waals surface area (Å²) in [5.41, 5.74) is 0.471. The van der Waals surface area contributed by atoms with Crippen LogP contribution in [0.2, 0.25) is 10.0 Å². The third-order valence-electron chi connectivity index (χ3n) is 6.11. The van der Waals surface area contributed by atoms with Gasteiger partial charge in [0.05, 0.1) is 22.2 Å². The van der Waals surface area contributed by atoms with E-state index in [1.165, 1.54) is 12.1 Å². The molecule has 9 heteroatoms. The quantitative estimate of drug-likeness (QED) is 0.475. The van der Waals surface area contributed by atoms with Gasteiger partial charge in [0.25, 0.3) is 0 Å². The van der Waals surface area contributed by atoms with E-state index in [2.05, 4.69) is 0 Å². The minimum atomic E-state index is -3.79. The number of methoxy groups -OCH3 is 1. The number of nitrogens with zero attached hydrogens (tertiary/aromatic N) is 1. The van der Waals surface area contributed by atoms with Crippen LogP contribution in [0.25, 0.3) is 0 Å². The number of amides is 1. The molecule has 2 aromatic rings. The second-order valence-corrected chi connectivity index (χ2v) is 12.5. The molecule has 0 bridgehead atoms. The topological polar surface area (TPSA) is 72.9 Å². The minimum absolute atomic E-state index is 0.103. The molecule has 1 aliphatic rings. The van der Waals surface area contributed by atoms with Crippen molar-refractivity contribution >= 4 is 44.6 Å². The fraction of sp³-hybridized carbons (Fsp3) is 0.480. The van der Waals surface area contributed by atoms with Crippen LogP contribution in [0.3, 0.4) is 0 Å². The van der Waals surface area contributed by atoms with E-state index in [1.54, 1.807) is 42.3 Å². The Morgan fingerprint density at radius 3 is 2.24 bits per heavy atom. The normalized spacial score (nSPS) is 16.3. The Bertz CT molecular complexity index is 1120. The summed E-state index contributed by atoms with van der Waals surface area (Å²) in [4.78, 5) is 14.9. The molecule has 186 valence electrons. The Labute approximate surface area is 212 Å². The summed E-state index contributed by atoms with van der Waals surface area (Å²) in [5, 5.41) is 0.774. The lowest BCUT2D eigenvalue weighted by Crippen LogP contribution is -2.42. The highest BCUT2D eigenvalue weighted by molar-refractivity contribution is 7.92. The van der Waals surface area contributed by atoms with E-state index in [0.717, 1.165) is 0 Å². The van der Waals surface area contributed by atoms with Gasteiger partial charge in [-0.2, -0.15) is 0 Å². The monoisotopic (exact) mass is 527 g/mol. The van der Waals surface area contributed by atoms with Crippen molar-refractivity contribution in [3.63, 3.8) is 0 Å². The Morgan fingerprint density at radius 2 is 1.71 bits per heavy atom. The van der Waals surface area contributed by atoms with Crippen LogP contribution in [-0.2, 0) is 28.9 Å². The molecule has 1 fully saturated rings. The summed E-state index contributed by atoms with van der Waals surface area (Å²) in [6.07, 6.45) is 0.587. The van der Waals surface area contributed by atoms with Crippen LogP contribution in [0.5, 0.6) is 0 Å². The van der Waals surface area contributed by atoms with Crippen molar-refractivity contribution in [3.05, 3.63) is 58.1 Å². The first kappa shape index (κ1) is 27.0. The lowest BCUT2D eigenvalue weighted by molar-refractivity contribution is -0.125. The van der Waals surface area contributed by atoms with Gasteiger partial charge in [-0.3, -0.25) is 4.79 Å². The SMILES string of the molecule is COCCN(C(=O)C(C)(C)C)c1ccc(C2(S(=O)(=O)c3ccc(Cl)cc3)CCOCC2)cc1Cl. The summed E-state index contributed by atoms with van der Waals surface area (Å²) in [6.45, 7) is 6.82. The second-order valence-electron chi connectivity index (χ2n) is 9.43. The largest absolute Gasteiger partial charge is 0.383 e. The molecule has 0 saturated carbocycles. The maximum Gasteiger partial charge on any atom is 0.232 e. The number of halogens is 2. The van der Waals surface area contributed by atoms with E-state index in [9.17, 15) is 13.2 Å². The van der Waals surface area contributed by atoms with Crippen LogP contribution < -0.4 is 4.90 Å². The van der Waals surface area contributed by atoms with Crippen LogP contribution in [0, 0.1) is 5.41 Å². The van der Waals surface area contributed by atoms with Crippen molar-refractivity contribution in [1.82, 2.24) is 0 Å². The van der Waals surface area contributed by atoms with Gasteiger partial charge in [-0.1, -0.05) is 50.0 Å². The molecule has 1 saturated heterocycles. The van der Waals surface area contributed by atoms with Gasteiger partial charge in [-0.05, 0) is 54.8 Å². The van der Waals surface area contributed by atoms with Gasteiger partial charge in [-0.25, -0.2) is 8.42 Å². The molecule has 3 rings (SSSR count). The molecule has 34 heavy (non-hydrogen) atoms. The number of carbonyl (C=O) groups is 1. The number of anilines is 1. The zero-order chi connectivity index (χ0) is 25.1. The number of hydrogen-bond acceptors (Lipinski definition) is 5. The number of sulfone groups is 1. The Kier molecular flexibility index (Phi) is 8.36. The zero-order valence-corrected chi connectivity index (χ0v) is 22.3. The molecule has 1 heterocycles. The van der Waals surface area contributed by atoms with Crippen LogP contribution >= 0.6 is 23.2 Å². The Morgan fingerprint density at radius 1 is 1.09 bits per heavy atom. The van der Waals surface area contributed by atoms with E-state index >= 15 is 0 Å². The predicted octanol–water partition coefficient (Wildman–Crippen LogP) is 5.50. The molecule has 0 aromatic heterocycles. The number of carbonyl (C=O) groups excluding carboxylic acids is 1. The maximum atomic E-state index is 13.9. The number of hydrogen-bond donors (Lipinski definition) is 0. The van der Waals surface area contributed by atoms with Gasteiger partial charge in [0.15, 0.2) is 9.84 Å². The maximum absolute atomic E-state index is 13.9. The highest BCUT2D eigenvalue weighted by Crippen LogP contribution is 2.45. The highest BCUT2D eigenvalue weighted by Gasteiger charge is 2.47. The lowest BCUT2D eigenvalue weighted by atomic mass is 9.90.